The zero-order valence-corrected chi connectivity index (χ0v) is 19.2. The summed E-state index contributed by atoms with van der Waals surface area (Å²) in [6.07, 6.45) is 0. The van der Waals surface area contributed by atoms with Crippen molar-refractivity contribution in [2.75, 3.05) is 0 Å². The first-order valence-electron chi connectivity index (χ1n) is 10.7. The summed E-state index contributed by atoms with van der Waals surface area (Å²) in [6, 6.07) is 26.0. The van der Waals surface area contributed by atoms with Crippen molar-refractivity contribution in [3.05, 3.63) is 121 Å². The SMILES string of the molecule is [C-]#[N+]c1ccccc1C1=C(C#N)C2=C(C(C#N)=C(c3ccccc3C#N)C2=C(C#N)C#N)C1=C(C#N)C#N. The fourth-order valence-corrected chi connectivity index (χ4v) is 4.62. The Morgan fingerprint density at radius 1 is 0.553 bits per heavy atom. The molecule has 0 spiro atoms. The Morgan fingerprint density at radius 2 is 1.00 bits per heavy atom. The highest BCUT2D eigenvalue weighted by molar-refractivity contribution is 6.12. The van der Waals surface area contributed by atoms with Gasteiger partial charge >= 0.3 is 0 Å². The van der Waals surface area contributed by atoms with Gasteiger partial charge in [-0.15, -0.1) is 0 Å². The highest BCUT2D eigenvalue weighted by atomic mass is 14.7. The number of nitrogens with zero attached hydrogens (tertiary/aromatic N) is 8. The van der Waals surface area contributed by atoms with E-state index in [-0.39, 0.29) is 67.0 Å². The largest absolute Gasteiger partial charge is 0.238 e. The molecule has 2 aliphatic carbocycles. The minimum atomic E-state index is -0.423. The van der Waals surface area contributed by atoms with Crippen LogP contribution < -0.4 is 0 Å². The number of rotatable bonds is 2. The highest BCUT2D eigenvalue weighted by Crippen LogP contribution is 2.58. The molecular formula is C30H8N8. The van der Waals surface area contributed by atoms with Gasteiger partial charge in [0.1, 0.15) is 47.6 Å². The summed E-state index contributed by atoms with van der Waals surface area (Å²) in [4.78, 5) is 3.50. The third kappa shape index (κ3) is 3.32. The summed E-state index contributed by atoms with van der Waals surface area (Å²) in [5.41, 5.74) is -0.184. The molecule has 0 N–H and O–H groups in total. The molecule has 0 saturated heterocycles. The molecule has 0 radical (unpaired) electrons. The zero-order chi connectivity index (χ0) is 27.4. The van der Waals surface area contributed by atoms with Crippen LogP contribution in [0.5, 0.6) is 0 Å². The molecule has 0 aliphatic heterocycles. The van der Waals surface area contributed by atoms with E-state index >= 15 is 0 Å². The second-order valence-electron chi connectivity index (χ2n) is 7.71. The van der Waals surface area contributed by atoms with Crippen LogP contribution in [0.3, 0.4) is 0 Å². The van der Waals surface area contributed by atoms with Gasteiger partial charge < -0.3 is 0 Å². The number of hydrogen-bond donors (Lipinski definition) is 0. The molecule has 0 saturated carbocycles. The van der Waals surface area contributed by atoms with Gasteiger partial charge in [0.25, 0.3) is 0 Å². The van der Waals surface area contributed by atoms with Gasteiger partial charge in [-0.2, -0.15) is 36.8 Å². The summed E-state index contributed by atoms with van der Waals surface area (Å²) < 4.78 is 0. The molecule has 0 bridgehead atoms. The van der Waals surface area contributed by atoms with Crippen LogP contribution in [0, 0.1) is 85.9 Å². The van der Waals surface area contributed by atoms with Gasteiger partial charge in [-0.3, -0.25) is 0 Å². The number of nitriles is 7. The molecule has 0 aromatic heterocycles. The molecule has 0 atom stereocenters. The van der Waals surface area contributed by atoms with Gasteiger partial charge in [0, 0.05) is 33.4 Å². The third-order valence-electron chi connectivity index (χ3n) is 6.03. The molecule has 4 rings (SSSR count). The van der Waals surface area contributed by atoms with Gasteiger partial charge in [0.2, 0.25) is 0 Å². The van der Waals surface area contributed by atoms with E-state index in [0.29, 0.717) is 0 Å². The van der Waals surface area contributed by atoms with E-state index in [1.807, 2.05) is 30.3 Å². The van der Waals surface area contributed by atoms with Crippen molar-refractivity contribution in [1.29, 1.82) is 36.8 Å². The van der Waals surface area contributed by atoms with E-state index in [9.17, 15) is 36.8 Å². The Morgan fingerprint density at radius 3 is 1.45 bits per heavy atom. The summed E-state index contributed by atoms with van der Waals surface area (Å²) in [5.74, 6) is 0. The highest BCUT2D eigenvalue weighted by Gasteiger charge is 2.44. The van der Waals surface area contributed by atoms with Crippen molar-refractivity contribution in [2.24, 2.45) is 0 Å². The van der Waals surface area contributed by atoms with Crippen molar-refractivity contribution in [3.63, 3.8) is 0 Å². The predicted molar refractivity (Wildman–Crippen MR) is 132 cm³/mol. The molecule has 2 aromatic rings. The van der Waals surface area contributed by atoms with Gasteiger partial charge in [-0.05, 0) is 17.2 Å². The lowest BCUT2D eigenvalue weighted by molar-refractivity contribution is 1.39. The molecule has 8 nitrogen and oxygen atoms in total. The average Bonchev–Trinajstić information content (AvgIpc) is 3.46. The lowest BCUT2D eigenvalue weighted by Crippen LogP contribution is -2.02. The van der Waals surface area contributed by atoms with Crippen molar-refractivity contribution in [1.82, 2.24) is 0 Å². The second-order valence-corrected chi connectivity index (χ2v) is 7.71. The predicted octanol–water partition coefficient (Wildman–Crippen LogP) is 5.37. The van der Waals surface area contributed by atoms with Crippen LogP contribution in [-0.2, 0) is 0 Å². The fraction of sp³-hybridized carbons (Fsp3) is 0. The normalized spacial score (nSPS) is 13.2. The molecule has 8 heteroatoms. The zero-order valence-electron chi connectivity index (χ0n) is 19.2. The van der Waals surface area contributed by atoms with E-state index in [2.05, 4.69) is 17.0 Å². The Balaban J connectivity index is 2.31. The molecule has 2 aliphatic rings. The number of allylic oxidation sites excluding steroid dienone is 10. The van der Waals surface area contributed by atoms with Crippen molar-refractivity contribution in [3.8, 4) is 42.5 Å². The summed E-state index contributed by atoms with van der Waals surface area (Å²) >= 11 is 0. The first-order valence-corrected chi connectivity index (χ1v) is 10.7. The summed E-state index contributed by atoms with van der Waals surface area (Å²) in [5, 5.41) is 69.9. The van der Waals surface area contributed by atoms with Crippen molar-refractivity contribution >= 4 is 16.8 Å². The van der Waals surface area contributed by atoms with E-state index in [1.165, 1.54) is 12.1 Å². The number of hydrogen-bond acceptors (Lipinski definition) is 7. The lowest BCUT2D eigenvalue weighted by Gasteiger charge is -2.16. The monoisotopic (exact) mass is 480 g/mol. The Kier molecular flexibility index (Phi) is 6.20. The minimum Gasteiger partial charge on any atom is -0.238 e. The van der Waals surface area contributed by atoms with Gasteiger partial charge in [-0.25, -0.2) is 4.85 Å². The van der Waals surface area contributed by atoms with Crippen LogP contribution in [0.1, 0.15) is 16.7 Å². The Labute approximate surface area is 217 Å². The maximum Gasteiger partial charge on any atom is 0.194 e. The van der Waals surface area contributed by atoms with Gasteiger partial charge in [-0.1, -0.05) is 42.5 Å². The maximum absolute atomic E-state index is 10.4. The van der Waals surface area contributed by atoms with Crippen LogP contribution in [0.4, 0.5) is 5.69 Å². The van der Waals surface area contributed by atoms with Crippen LogP contribution in [-0.4, -0.2) is 0 Å². The van der Waals surface area contributed by atoms with Crippen LogP contribution >= 0.6 is 0 Å². The smallest absolute Gasteiger partial charge is 0.194 e. The van der Waals surface area contributed by atoms with Crippen molar-refractivity contribution < 1.29 is 0 Å². The molecule has 38 heavy (non-hydrogen) atoms. The van der Waals surface area contributed by atoms with Gasteiger partial charge in [0.15, 0.2) is 5.69 Å². The molecular weight excluding hydrogens is 472 g/mol. The molecule has 168 valence electrons. The van der Waals surface area contributed by atoms with Crippen LogP contribution in [0.25, 0.3) is 16.0 Å². The molecule has 2 aromatic carbocycles. The molecule has 0 fully saturated rings. The Bertz CT molecular complexity index is 1810. The standard InChI is InChI=1S/C30H8N8/c1-38-24-9-5-4-8-21(24)28-23(16-37)30-25(18(11-32)12-33)27(20-7-3-2-6-17(20)10-31)22(15-36)29(30)26(28)19(13-34)14-35/h2-9H. The topological polar surface area (TPSA) is 171 Å². The number of para-hydroxylation sites is 1. The quantitative estimate of drug-likeness (QED) is 0.410. The Hall–Kier alpha value is -6.94. The second kappa shape index (κ2) is 9.74. The summed E-state index contributed by atoms with van der Waals surface area (Å²) in [7, 11) is 0. The minimum absolute atomic E-state index is 0.0256. The fourth-order valence-electron chi connectivity index (χ4n) is 4.62. The molecule has 0 amide bonds. The molecule has 0 unspecified atom stereocenters. The first-order chi connectivity index (χ1) is 18.6. The van der Waals surface area contributed by atoms with E-state index in [0.717, 1.165) is 0 Å². The summed E-state index contributed by atoms with van der Waals surface area (Å²) in [6.45, 7) is 7.60. The number of benzene rings is 2. The maximum atomic E-state index is 10.4. The van der Waals surface area contributed by atoms with Gasteiger partial charge in [0.05, 0.1) is 29.4 Å². The van der Waals surface area contributed by atoms with Crippen LogP contribution in [0.15, 0.2) is 93.1 Å². The first kappa shape index (κ1) is 24.2. The van der Waals surface area contributed by atoms with Crippen molar-refractivity contribution in [2.45, 2.75) is 0 Å². The lowest BCUT2D eigenvalue weighted by atomic mass is 9.83. The van der Waals surface area contributed by atoms with E-state index in [4.69, 9.17) is 6.57 Å². The third-order valence-corrected chi connectivity index (χ3v) is 6.03. The van der Waals surface area contributed by atoms with E-state index < -0.39 is 11.1 Å². The average molecular weight is 480 g/mol. The molecule has 0 heterocycles. The van der Waals surface area contributed by atoms with E-state index in [1.54, 1.807) is 36.4 Å². The van der Waals surface area contributed by atoms with Crippen LogP contribution in [0.2, 0.25) is 0 Å².